The summed E-state index contributed by atoms with van der Waals surface area (Å²) in [5.74, 6) is 0.841. The van der Waals surface area contributed by atoms with Gasteiger partial charge >= 0.3 is 0 Å². The van der Waals surface area contributed by atoms with E-state index in [9.17, 15) is 4.39 Å². The van der Waals surface area contributed by atoms with Crippen LogP contribution >= 0.6 is 35.6 Å². The predicted octanol–water partition coefficient (Wildman–Crippen LogP) is 3.44. The summed E-state index contributed by atoms with van der Waals surface area (Å²) in [4.78, 5) is 10.4. The first-order valence-corrected chi connectivity index (χ1v) is 8.60. The van der Waals surface area contributed by atoms with Crippen LogP contribution in [0, 0.1) is 5.82 Å². The van der Waals surface area contributed by atoms with Gasteiger partial charge in [0.05, 0.1) is 0 Å². The molecule has 2 aromatic rings. The van der Waals surface area contributed by atoms with Gasteiger partial charge in [-0.25, -0.2) is 9.37 Å². The van der Waals surface area contributed by atoms with Gasteiger partial charge in [0, 0.05) is 43.9 Å². The van der Waals surface area contributed by atoms with E-state index >= 15 is 0 Å². The van der Waals surface area contributed by atoms with Crippen molar-refractivity contribution < 1.29 is 4.39 Å². The van der Waals surface area contributed by atoms with Crippen LogP contribution in [0.4, 0.5) is 10.2 Å². The maximum Gasteiger partial charge on any atom is 0.191 e. The van der Waals surface area contributed by atoms with Crippen LogP contribution in [0.1, 0.15) is 12.0 Å². The molecule has 1 unspecified atom stereocenters. The minimum atomic E-state index is -0.286. The lowest BCUT2D eigenvalue weighted by molar-refractivity contribution is 0.612. The Balaban J connectivity index is 0.00000243. The Kier molecular flexibility index (Phi) is 7.89. The van der Waals surface area contributed by atoms with Crippen LogP contribution in [0.5, 0.6) is 0 Å². The van der Waals surface area contributed by atoms with E-state index in [2.05, 4.69) is 20.6 Å². The molecule has 1 aromatic heterocycles. The molecule has 5 nitrogen and oxygen atoms in total. The maximum atomic E-state index is 13.9. The molecule has 1 fully saturated rings. The van der Waals surface area contributed by atoms with Crippen LogP contribution in [0.15, 0.2) is 47.6 Å². The smallest absolute Gasteiger partial charge is 0.191 e. The zero-order chi connectivity index (χ0) is 17.6. The highest BCUT2D eigenvalue weighted by Gasteiger charge is 2.25. The molecule has 2 N–H and O–H groups in total. The molecule has 3 rings (SSSR count). The van der Waals surface area contributed by atoms with E-state index < -0.39 is 0 Å². The van der Waals surface area contributed by atoms with Gasteiger partial charge in [0.25, 0.3) is 0 Å². The van der Waals surface area contributed by atoms with Crippen LogP contribution < -0.4 is 15.5 Å². The molecule has 140 valence electrons. The summed E-state index contributed by atoms with van der Waals surface area (Å²) in [6.07, 6.45) is 2.51. The van der Waals surface area contributed by atoms with Crippen molar-refractivity contribution in [2.24, 2.45) is 4.99 Å². The summed E-state index contributed by atoms with van der Waals surface area (Å²) >= 11 is 6.00. The number of aromatic nitrogens is 1. The summed E-state index contributed by atoms with van der Waals surface area (Å²) < 4.78 is 13.9. The first-order valence-electron chi connectivity index (χ1n) is 8.23. The second-order valence-electron chi connectivity index (χ2n) is 5.94. The molecule has 0 spiro atoms. The molecule has 8 heteroatoms. The van der Waals surface area contributed by atoms with Crippen molar-refractivity contribution in [2.75, 3.05) is 25.0 Å². The van der Waals surface area contributed by atoms with Crippen molar-refractivity contribution in [3.05, 3.63) is 59.0 Å². The molecule has 1 aliphatic heterocycles. The van der Waals surface area contributed by atoms with Gasteiger partial charge in [-0.1, -0.05) is 23.7 Å². The average Bonchev–Trinajstić information content (AvgIpc) is 3.07. The molecule has 0 saturated carbocycles. The Morgan fingerprint density at radius 2 is 2.23 bits per heavy atom. The number of benzene rings is 1. The van der Waals surface area contributed by atoms with Crippen molar-refractivity contribution in [1.82, 2.24) is 15.6 Å². The third kappa shape index (κ3) is 5.44. The van der Waals surface area contributed by atoms with E-state index in [1.807, 2.05) is 29.2 Å². The summed E-state index contributed by atoms with van der Waals surface area (Å²) in [6.45, 7) is 2.08. The average molecular weight is 490 g/mol. The highest BCUT2D eigenvalue weighted by Crippen LogP contribution is 2.20. The molecule has 26 heavy (non-hydrogen) atoms. The highest BCUT2D eigenvalue weighted by molar-refractivity contribution is 14.0. The molecule has 0 amide bonds. The number of pyridine rings is 1. The van der Waals surface area contributed by atoms with E-state index in [4.69, 9.17) is 11.6 Å². The molecule has 1 atom stereocenters. The van der Waals surface area contributed by atoms with Crippen LogP contribution in [0.3, 0.4) is 0 Å². The fourth-order valence-corrected chi connectivity index (χ4v) is 3.11. The summed E-state index contributed by atoms with van der Waals surface area (Å²) in [5.41, 5.74) is 1.08. The molecule has 2 heterocycles. The molecule has 1 saturated heterocycles. The lowest BCUT2D eigenvalue weighted by atomic mass is 10.2. The van der Waals surface area contributed by atoms with Crippen LogP contribution in [-0.4, -0.2) is 37.1 Å². The molecule has 1 aromatic carbocycles. The minimum absolute atomic E-state index is 0. The number of nitrogens with one attached hydrogen (secondary N) is 2. The second-order valence-corrected chi connectivity index (χ2v) is 6.38. The Morgan fingerprint density at radius 1 is 1.38 bits per heavy atom. The van der Waals surface area contributed by atoms with Gasteiger partial charge in [-0.05, 0) is 36.2 Å². The first kappa shape index (κ1) is 20.7. The van der Waals surface area contributed by atoms with Gasteiger partial charge in [0.1, 0.15) is 0 Å². The third-order valence-electron chi connectivity index (χ3n) is 4.14. The highest BCUT2D eigenvalue weighted by atomic mass is 127. The monoisotopic (exact) mass is 489 g/mol. The van der Waals surface area contributed by atoms with Gasteiger partial charge < -0.3 is 15.5 Å². The largest absolute Gasteiger partial charge is 0.352 e. The zero-order valence-electron chi connectivity index (χ0n) is 14.5. The van der Waals surface area contributed by atoms with Crippen LogP contribution in [-0.2, 0) is 6.54 Å². The third-order valence-corrected chi connectivity index (χ3v) is 4.38. The van der Waals surface area contributed by atoms with E-state index in [-0.39, 0.29) is 35.8 Å². The van der Waals surface area contributed by atoms with Gasteiger partial charge in [0.2, 0.25) is 0 Å². The molecule has 0 radical (unpaired) electrons. The van der Waals surface area contributed by atoms with Crippen molar-refractivity contribution in [3.63, 3.8) is 0 Å². The summed E-state index contributed by atoms with van der Waals surface area (Å²) in [5, 5.41) is 7.38. The van der Waals surface area contributed by atoms with Gasteiger partial charge in [-0.3, -0.25) is 4.99 Å². The quantitative estimate of drug-likeness (QED) is 0.393. The van der Waals surface area contributed by atoms with E-state index in [1.165, 1.54) is 6.07 Å². The first-order chi connectivity index (χ1) is 12.2. The van der Waals surface area contributed by atoms with Crippen molar-refractivity contribution in [1.29, 1.82) is 0 Å². The Bertz CT molecular complexity index is 758. The Labute approximate surface area is 175 Å². The van der Waals surface area contributed by atoms with Crippen LogP contribution in [0.25, 0.3) is 0 Å². The number of aliphatic imine (C=N–C) groups is 1. The normalized spacial score (nSPS) is 17.0. The molecule has 0 aliphatic carbocycles. The molecular weight excluding hydrogens is 468 g/mol. The lowest BCUT2D eigenvalue weighted by Gasteiger charge is -2.20. The second kappa shape index (κ2) is 9.91. The van der Waals surface area contributed by atoms with E-state index in [0.29, 0.717) is 29.9 Å². The number of rotatable bonds is 4. The Hall–Kier alpha value is -1.61. The zero-order valence-corrected chi connectivity index (χ0v) is 17.5. The number of hydrogen-bond donors (Lipinski definition) is 2. The molecular formula is C18H22ClFIN5. The number of anilines is 1. The molecule has 0 bridgehead atoms. The fraction of sp³-hybridized carbons (Fsp3) is 0.333. The van der Waals surface area contributed by atoms with Gasteiger partial charge in [0.15, 0.2) is 17.6 Å². The van der Waals surface area contributed by atoms with Crippen molar-refractivity contribution in [3.8, 4) is 0 Å². The van der Waals surface area contributed by atoms with Gasteiger partial charge in [-0.15, -0.1) is 24.0 Å². The maximum absolute atomic E-state index is 13.9. The predicted molar refractivity (Wildman–Crippen MR) is 115 cm³/mol. The topological polar surface area (TPSA) is 52.6 Å². The molecule has 1 aliphatic rings. The minimum Gasteiger partial charge on any atom is -0.352 e. The summed E-state index contributed by atoms with van der Waals surface area (Å²) in [6, 6.07) is 10.9. The van der Waals surface area contributed by atoms with E-state index in [0.717, 1.165) is 18.5 Å². The number of guanidine groups is 1. The number of halogens is 3. The fourth-order valence-electron chi connectivity index (χ4n) is 2.90. The van der Waals surface area contributed by atoms with E-state index in [1.54, 1.807) is 19.3 Å². The lowest BCUT2D eigenvalue weighted by Crippen LogP contribution is -2.44. The summed E-state index contributed by atoms with van der Waals surface area (Å²) in [7, 11) is 1.73. The van der Waals surface area contributed by atoms with Crippen LogP contribution in [0.2, 0.25) is 5.02 Å². The van der Waals surface area contributed by atoms with Crippen molar-refractivity contribution in [2.45, 2.75) is 19.0 Å². The van der Waals surface area contributed by atoms with Crippen molar-refractivity contribution >= 4 is 47.4 Å². The standard InChI is InChI=1S/C18H21ClFN5.HI/c1-21-18(23-11-13-4-2-5-14(19)10-13)24-15-7-9-25(12-15)17-16(20)6-3-8-22-17;/h2-6,8,10,15H,7,9,11-12H2,1H3,(H2,21,23,24);1H. The number of nitrogens with zero attached hydrogens (tertiary/aromatic N) is 3. The SMILES string of the molecule is CN=C(NCc1cccc(Cl)c1)NC1CCN(c2ncccc2F)C1.I. The Morgan fingerprint density at radius 3 is 2.96 bits per heavy atom. The van der Waals surface area contributed by atoms with Gasteiger partial charge in [-0.2, -0.15) is 0 Å². The number of hydrogen-bond acceptors (Lipinski definition) is 3.